The Hall–Kier alpha value is -3.42. The Morgan fingerprint density at radius 2 is 1.71 bits per heavy atom. The molecular formula is C22H17Cl2N3O4. The first-order chi connectivity index (χ1) is 15.0. The molecule has 3 aromatic carbocycles. The molecule has 4 rings (SSSR count). The molecule has 0 bridgehead atoms. The molecule has 4 aromatic rings. The minimum Gasteiger partial charge on any atom is -0.493 e. The number of benzene rings is 3. The first-order valence-corrected chi connectivity index (χ1v) is 9.89. The van der Waals surface area contributed by atoms with E-state index in [4.69, 9.17) is 37.4 Å². The summed E-state index contributed by atoms with van der Waals surface area (Å²) in [6, 6.07) is 15.3. The number of hydrogen-bond acceptors (Lipinski definition) is 5. The van der Waals surface area contributed by atoms with Crippen LogP contribution in [0.2, 0.25) is 10.0 Å². The number of anilines is 1. The van der Waals surface area contributed by atoms with Gasteiger partial charge in [0.15, 0.2) is 11.5 Å². The zero-order valence-corrected chi connectivity index (χ0v) is 18.0. The lowest BCUT2D eigenvalue weighted by atomic mass is 10.2. The second-order valence-electron chi connectivity index (χ2n) is 6.45. The molecule has 158 valence electrons. The molecule has 0 saturated heterocycles. The number of methoxy groups -OCH3 is 2. The summed E-state index contributed by atoms with van der Waals surface area (Å²) in [5, 5.41) is 3.62. The van der Waals surface area contributed by atoms with Crippen LogP contribution in [0, 0.1) is 0 Å². The van der Waals surface area contributed by atoms with Crippen LogP contribution in [-0.4, -0.2) is 30.3 Å². The second kappa shape index (κ2) is 8.75. The number of rotatable bonds is 5. The number of carbonyl (C=O) groups excluding carboxylic acids is 1. The van der Waals surface area contributed by atoms with E-state index in [2.05, 4.69) is 15.3 Å². The largest absolute Gasteiger partial charge is 0.493 e. The number of hydrogen-bond donors (Lipinski definition) is 2. The summed E-state index contributed by atoms with van der Waals surface area (Å²) in [7, 11) is 3.06. The number of imidazole rings is 1. The van der Waals surface area contributed by atoms with Crippen molar-refractivity contribution in [2.24, 2.45) is 0 Å². The highest BCUT2D eigenvalue weighted by Gasteiger charge is 2.14. The molecule has 0 saturated carbocycles. The number of halogens is 2. The van der Waals surface area contributed by atoms with Gasteiger partial charge in [0.05, 0.1) is 40.9 Å². The normalized spacial score (nSPS) is 10.7. The maximum absolute atomic E-state index is 12.3. The van der Waals surface area contributed by atoms with Crippen LogP contribution in [0.3, 0.4) is 0 Å². The molecule has 7 nitrogen and oxygen atoms in total. The summed E-state index contributed by atoms with van der Waals surface area (Å²) in [5.74, 6) is 1.91. The quantitative estimate of drug-likeness (QED) is 0.374. The van der Waals surface area contributed by atoms with Gasteiger partial charge in [0, 0.05) is 17.8 Å². The Morgan fingerprint density at radius 1 is 0.968 bits per heavy atom. The Labute approximate surface area is 187 Å². The predicted octanol–water partition coefficient (Wildman–Crippen LogP) is 6.16. The van der Waals surface area contributed by atoms with Crippen molar-refractivity contribution in [3.8, 4) is 28.6 Å². The van der Waals surface area contributed by atoms with Crippen molar-refractivity contribution in [1.29, 1.82) is 0 Å². The number of aromatic amines is 1. The van der Waals surface area contributed by atoms with Gasteiger partial charge in [-0.15, -0.1) is 0 Å². The highest BCUT2D eigenvalue weighted by atomic mass is 35.5. The van der Waals surface area contributed by atoms with E-state index in [1.807, 2.05) is 0 Å². The maximum atomic E-state index is 12.3. The lowest BCUT2D eigenvalue weighted by Gasteiger charge is -2.10. The average Bonchev–Trinajstić information content (AvgIpc) is 3.16. The zero-order chi connectivity index (χ0) is 22.0. The number of carbonyl (C=O) groups is 1. The minimum atomic E-state index is -0.652. The summed E-state index contributed by atoms with van der Waals surface area (Å²) < 4.78 is 15.8. The predicted molar refractivity (Wildman–Crippen MR) is 121 cm³/mol. The molecule has 1 heterocycles. The van der Waals surface area contributed by atoms with Gasteiger partial charge in [0.2, 0.25) is 0 Å². The third-order valence-electron chi connectivity index (χ3n) is 4.49. The van der Waals surface area contributed by atoms with Crippen molar-refractivity contribution in [3.63, 3.8) is 0 Å². The smallest absolute Gasteiger partial charge is 0.417 e. The van der Waals surface area contributed by atoms with Gasteiger partial charge in [-0.25, -0.2) is 9.78 Å². The van der Waals surface area contributed by atoms with Gasteiger partial charge in [0.25, 0.3) is 0 Å². The van der Waals surface area contributed by atoms with Crippen molar-refractivity contribution >= 4 is 46.0 Å². The van der Waals surface area contributed by atoms with E-state index in [1.54, 1.807) is 54.6 Å². The fourth-order valence-electron chi connectivity index (χ4n) is 3.06. The first-order valence-electron chi connectivity index (χ1n) is 9.13. The van der Waals surface area contributed by atoms with Gasteiger partial charge in [-0.2, -0.15) is 0 Å². The van der Waals surface area contributed by atoms with E-state index in [-0.39, 0.29) is 0 Å². The summed E-state index contributed by atoms with van der Waals surface area (Å²) in [6.07, 6.45) is -0.652. The van der Waals surface area contributed by atoms with Crippen LogP contribution in [0.15, 0.2) is 54.6 Å². The molecule has 0 spiro atoms. The molecule has 0 atom stereocenters. The minimum absolute atomic E-state index is 0.339. The fourth-order valence-corrected chi connectivity index (χ4v) is 3.64. The van der Waals surface area contributed by atoms with Gasteiger partial charge in [-0.1, -0.05) is 29.3 Å². The average molecular weight is 458 g/mol. The third kappa shape index (κ3) is 4.38. The van der Waals surface area contributed by atoms with Crippen LogP contribution >= 0.6 is 23.2 Å². The molecule has 0 fully saturated rings. The number of H-pyrrole nitrogens is 1. The summed E-state index contributed by atoms with van der Waals surface area (Å²) in [5.41, 5.74) is 2.46. The molecule has 0 aliphatic rings. The van der Waals surface area contributed by atoms with Crippen molar-refractivity contribution in [3.05, 3.63) is 64.6 Å². The van der Waals surface area contributed by atoms with Gasteiger partial charge in [0.1, 0.15) is 11.6 Å². The number of amides is 1. The molecule has 0 aliphatic heterocycles. The number of aromatic nitrogens is 2. The summed E-state index contributed by atoms with van der Waals surface area (Å²) in [4.78, 5) is 20.0. The molecule has 9 heteroatoms. The number of nitrogens with zero attached hydrogens (tertiary/aromatic N) is 1. The van der Waals surface area contributed by atoms with Crippen molar-refractivity contribution in [1.82, 2.24) is 9.97 Å². The van der Waals surface area contributed by atoms with E-state index < -0.39 is 6.09 Å². The highest BCUT2D eigenvalue weighted by molar-refractivity contribution is 6.39. The van der Waals surface area contributed by atoms with E-state index in [1.165, 1.54) is 14.2 Å². The molecular weight excluding hydrogens is 441 g/mol. The van der Waals surface area contributed by atoms with Crippen LogP contribution in [0.25, 0.3) is 22.4 Å². The Bertz CT molecular complexity index is 1250. The van der Waals surface area contributed by atoms with E-state index in [0.717, 1.165) is 0 Å². The Morgan fingerprint density at radius 3 is 2.42 bits per heavy atom. The summed E-state index contributed by atoms with van der Waals surface area (Å²) in [6.45, 7) is 0. The topological polar surface area (TPSA) is 85.5 Å². The molecule has 31 heavy (non-hydrogen) atoms. The number of nitrogens with one attached hydrogen (secondary N) is 2. The maximum Gasteiger partial charge on any atom is 0.417 e. The first kappa shape index (κ1) is 20.8. The fraction of sp³-hybridized carbons (Fsp3) is 0.0909. The van der Waals surface area contributed by atoms with Crippen LogP contribution in [-0.2, 0) is 0 Å². The van der Waals surface area contributed by atoms with Crippen molar-refractivity contribution in [2.45, 2.75) is 0 Å². The second-order valence-corrected chi connectivity index (χ2v) is 7.26. The molecule has 0 radical (unpaired) electrons. The Balaban J connectivity index is 1.53. The lowest BCUT2D eigenvalue weighted by Crippen LogP contribution is -2.16. The van der Waals surface area contributed by atoms with E-state index in [0.29, 0.717) is 55.4 Å². The monoisotopic (exact) mass is 457 g/mol. The molecule has 1 amide bonds. The zero-order valence-electron chi connectivity index (χ0n) is 16.5. The Kier molecular flexibility index (Phi) is 5.88. The SMILES string of the molecule is COc1ccc(NC(=O)Oc2ccc3nc(-c4c(Cl)cccc4Cl)[nH]c3c2)cc1OC. The third-order valence-corrected chi connectivity index (χ3v) is 5.12. The molecule has 2 N–H and O–H groups in total. The van der Waals surface area contributed by atoms with Crippen LogP contribution in [0.4, 0.5) is 10.5 Å². The highest BCUT2D eigenvalue weighted by Crippen LogP contribution is 2.34. The number of fused-ring (bicyclic) bond motifs is 1. The van der Waals surface area contributed by atoms with Gasteiger partial charge in [-0.05, 0) is 36.4 Å². The standard InChI is InChI=1S/C22H17Cl2N3O4/c1-29-18-9-6-12(10-19(18)30-2)25-22(28)31-13-7-8-16-17(11-13)27-21(26-16)20-14(23)4-3-5-15(20)24/h3-11H,1-2H3,(H,25,28)(H,26,27). The molecule has 0 unspecified atom stereocenters. The van der Waals surface area contributed by atoms with Gasteiger partial charge >= 0.3 is 6.09 Å². The van der Waals surface area contributed by atoms with Crippen molar-refractivity contribution in [2.75, 3.05) is 19.5 Å². The lowest BCUT2D eigenvalue weighted by molar-refractivity contribution is 0.215. The number of ether oxygens (including phenoxy) is 3. The van der Waals surface area contributed by atoms with Gasteiger partial charge in [-0.3, -0.25) is 5.32 Å². The van der Waals surface area contributed by atoms with Crippen molar-refractivity contribution < 1.29 is 19.0 Å². The summed E-state index contributed by atoms with van der Waals surface area (Å²) >= 11 is 12.5. The van der Waals surface area contributed by atoms with Gasteiger partial charge < -0.3 is 19.2 Å². The van der Waals surface area contributed by atoms with Crippen LogP contribution < -0.4 is 19.5 Å². The molecule has 1 aromatic heterocycles. The van der Waals surface area contributed by atoms with E-state index in [9.17, 15) is 4.79 Å². The van der Waals surface area contributed by atoms with Crippen LogP contribution in [0.1, 0.15) is 0 Å². The molecule has 0 aliphatic carbocycles. The van der Waals surface area contributed by atoms with Crippen LogP contribution in [0.5, 0.6) is 17.2 Å². The van der Waals surface area contributed by atoms with E-state index >= 15 is 0 Å².